The van der Waals surface area contributed by atoms with Crippen molar-refractivity contribution in [1.82, 2.24) is 14.9 Å². The van der Waals surface area contributed by atoms with Crippen LogP contribution in [0.3, 0.4) is 0 Å². The maximum absolute atomic E-state index is 12.4. The van der Waals surface area contributed by atoms with Gasteiger partial charge in [0.1, 0.15) is 11.2 Å². The fraction of sp³-hybridized carbons (Fsp3) is 0.480. The first-order valence-corrected chi connectivity index (χ1v) is 13.4. The van der Waals surface area contributed by atoms with E-state index < -0.39 is 17.2 Å². The molecule has 2 aliphatic rings. The monoisotopic (exact) mass is 572 g/mol. The van der Waals surface area contributed by atoms with Crippen molar-refractivity contribution in [2.45, 2.75) is 44.9 Å². The van der Waals surface area contributed by atoms with Crippen molar-refractivity contribution in [3.05, 3.63) is 34.9 Å². The van der Waals surface area contributed by atoms with Gasteiger partial charge in [0.25, 0.3) is 0 Å². The normalized spacial score (nSPS) is 18.4. The van der Waals surface area contributed by atoms with E-state index in [1.165, 1.54) is 0 Å². The van der Waals surface area contributed by atoms with E-state index in [4.69, 9.17) is 11.5 Å². The number of nitrogens with one attached hydrogen (secondary N) is 3. The molecule has 1 unspecified atom stereocenters. The van der Waals surface area contributed by atoms with Crippen LogP contribution in [0.1, 0.15) is 44.9 Å². The van der Waals surface area contributed by atoms with Gasteiger partial charge in [-0.15, -0.1) is 0 Å². The van der Waals surface area contributed by atoms with Crippen LogP contribution >= 0.6 is 15.9 Å². The highest BCUT2D eigenvalue weighted by Crippen LogP contribution is 2.45. The Hall–Kier alpha value is -3.41. The lowest BCUT2D eigenvalue weighted by Gasteiger charge is -2.29. The molecule has 1 aromatic carbocycles. The summed E-state index contributed by atoms with van der Waals surface area (Å²) in [5.41, 5.74) is 11.3. The van der Waals surface area contributed by atoms with Gasteiger partial charge in [-0.25, -0.2) is 9.78 Å². The second-order valence-electron chi connectivity index (χ2n) is 9.58. The zero-order chi connectivity index (χ0) is 26.4. The largest absolute Gasteiger partial charge is 0.369 e. The smallest absolute Gasteiger partial charge is 0.321 e. The highest BCUT2D eigenvalue weighted by molar-refractivity contribution is 9.10. The highest BCUT2D eigenvalue weighted by Gasteiger charge is 2.52. The molecule has 4 amide bonds. The van der Waals surface area contributed by atoms with E-state index in [0.29, 0.717) is 47.7 Å². The molecular formula is C25H33BrN8O3. The number of nitrogens with two attached hydrogens (primary N) is 2. The fourth-order valence-corrected chi connectivity index (χ4v) is 5.60. The second-order valence-corrected chi connectivity index (χ2v) is 10.4. The van der Waals surface area contributed by atoms with Crippen molar-refractivity contribution in [3.63, 3.8) is 0 Å². The summed E-state index contributed by atoms with van der Waals surface area (Å²) in [5, 5.41) is 9.40. The van der Waals surface area contributed by atoms with E-state index >= 15 is 0 Å². The van der Waals surface area contributed by atoms with Crippen molar-refractivity contribution < 1.29 is 14.4 Å². The first-order valence-electron chi connectivity index (χ1n) is 12.6. The average Bonchev–Trinajstić information content (AvgIpc) is 3.55. The number of carbonyl (C=O) groups is 3. The minimum atomic E-state index is -1.24. The number of primary amides is 2. The molecule has 1 atom stereocenters. The van der Waals surface area contributed by atoms with Crippen LogP contribution < -0.4 is 27.4 Å². The predicted molar refractivity (Wildman–Crippen MR) is 145 cm³/mol. The molecule has 11 nitrogen and oxygen atoms in total. The van der Waals surface area contributed by atoms with Crippen LogP contribution in [0.15, 0.2) is 34.9 Å². The Bertz CT molecular complexity index is 1140. The maximum atomic E-state index is 12.4. The molecule has 4 rings (SSSR count). The average molecular weight is 573 g/mol. The lowest BCUT2D eigenvalue weighted by molar-refractivity contribution is -0.142. The number of anilines is 4. The van der Waals surface area contributed by atoms with Gasteiger partial charge in [0, 0.05) is 37.2 Å². The molecule has 2 aromatic rings. The number of hydrogen-bond donors (Lipinski definition) is 5. The Kier molecular flexibility index (Phi) is 8.47. The Morgan fingerprint density at radius 2 is 1.84 bits per heavy atom. The Morgan fingerprint density at radius 3 is 2.57 bits per heavy atom. The third kappa shape index (κ3) is 6.12. The van der Waals surface area contributed by atoms with Gasteiger partial charge in [0.05, 0.1) is 4.47 Å². The number of urea groups is 1. The van der Waals surface area contributed by atoms with E-state index in [1.54, 1.807) is 6.20 Å². The van der Waals surface area contributed by atoms with E-state index in [9.17, 15) is 14.4 Å². The van der Waals surface area contributed by atoms with Crippen molar-refractivity contribution in [2.24, 2.45) is 22.8 Å². The van der Waals surface area contributed by atoms with Gasteiger partial charge in [-0.05, 0) is 78.6 Å². The summed E-state index contributed by atoms with van der Waals surface area (Å²) >= 11 is 3.47. The van der Waals surface area contributed by atoms with E-state index in [0.717, 1.165) is 44.5 Å². The number of aromatic nitrogens is 2. The zero-order valence-electron chi connectivity index (χ0n) is 20.6. The summed E-state index contributed by atoms with van der Waals surface area (Å²) in [6.45, 7) is 2.14. The van der Waals surface area contributed by atoms with Crippen molar-refractivity contribution >= 4 is 56.9 Å². The molecular weight excluding hydrogens is 540 g/mol. The SMILES string of the molecule is NC(=O)C1(C(N)=O)CCCC1CCCNc1nc(Nc2cccc(NC(=O)N3CCCC3)c2)ncc1Br. The van der Waals surface area contributed by atoms with Gasteiger partial charge < -0.3 is 32.3 Å². The van der Waals surface area contributed by atoms with Gasteiger partial charge in [-0.3, -0.25) is 9.59 Å². The van der Waals surface area contributed by atoms with E-state index in [1.807, 2.05) is 29.2 Å². The number of halogens is 1. The third-order valence-electron chi connectivity index (χ3n) is 7.23. The number of likely N-dealkylation sites (tertiary alicyclic amines) is 1. The molecule has 198 valence electrons. The molecule has 2 heterocycles. The molecule has 2 fully saturated rings. The van der Waals surface area contributed by atoms with Gasteiger partial charge in [-0.2, -0.15) is 4.98 Å². The zero-order valence-corrected chi connectivity index (χ0v) is 22.2. The molecule has 1 saturated heterocycles. The number of rotatable bonds is 10. The van der Waals surface area contributed by atoms with Gasteiger partial charge in [0.15, 0.2) is 0 Å². The van der Waals surface area contributed by atoms with Crippen LogP contribution in [0.4, 0.5) is 27.9 Å². The number of amides is 4. The Balaban J connectivity index is 1.33. The van der Waals surface area contributed by atoms with Crippen molar-refractivity contribution in [2.75, 3.05) is 35.6 Å². The van der Waals surface area contributed by atoms with Gasteiger partial charge >= 0.3 is 6.03 Å². The predicted octanol–water partition coefficient (Wildman–Crippen LogP) is 3.56. The second kappa shape index (κ2) is 11.8. The van der Waals surface area contributed by atoms with E-state index in [2.05, 4.69) is 41.8 Å². The lowest BCUT2D eigenvalue weighted by Crippen LogP contribution is -2.50. The molecule has 0 bridgehead atoms. The fourth-order valence-electron chi connectivity index (χ4n) is 5.27. The van der Waals surface area contributed by atoms with Crippen LogP contribution in [-0.2, 0) is 9.59 Å². The summed E-state index contributed by atoms with van der Waals surface area (Å²) in [7, 11) is 0. The first-order chi connectivity index (χ1) is 17.8. The molecule has 7 N–H and O–H groups in total. The van der Waals surface area contributed by atoms with Crippen molar-refractivity contribution in [3.8, 4) is 0 Å². The summed E-state index contributed by atoms with van der Waals surface area (Å²) in [6.07, 6.45) is 7.04. The molecule has 0 spiro atoms. The van der Waals surface area contributed by atoms with Crippen LogP contribution in [0, 0.1) is 11.3 Å². The summed E-state index contributed by atoms with van der Waals surface area (Å²) in [4.78, 5) is 47.2. The lowest BCUT2D eigenvalue weighted by atomic mass is 9.74. The highest BCUT2D eigenvalue weighted by atomic mass is 79.9. The van der Waals surface area contributed by atoms with Crippen LogP contribution in [0.25, 0.3) is 0 Å². The molecule has 37 heavy (non-hydrogen) atoms. The van der Waals surface area contributed by atoms with E-state index in [-0.39, 0.29) is 11.9 Å². The van der Waals surface area contributed by atoms with Crippen LogP contribution in [-0.4, -0.2) is 52.3 Å². The minimum Gasteiger partial charge on any atom is -0.369 e. The standard InChI is InChI=1S/C25H33BrN8O3/c26-19-15-30-23(31-17-8-3-9-18(14-17)32-24(37)34-12-1-2-13-34)33-20(19)29-11-5-7-16-6-4-10-25(16,21(27)35)22(28)36/h3,8-9,14-16H,1-2,4-7,10-13H2,(H2,27,35)(H2,28,36)(H,32,37)(H2,29,30,31,33). The van der Waals surface area contributed by atoms with Crippen LogP contribution in [0.2, 0.25) is 0 Å². The molecule has 1 aromatic heterocycles. The van der Waals surface area contributed by atoms with Crippen LogP contribution in [0.5, 0.6) is 0 Å². The number of nitrogens with zero attached hydrogens (tertiary/aromatic N) is 3. The summed E-state index contributed by atoms with van der Waals surface area (Å²) < 4.78 is 0.703. The first kappa shape index (κ1) is 26.6. The van der Waals surface area contributed by atoms with Crippen molar-refractivity contribution in [1.29, 1.82) is 0 Å². The summed E-state index contributed by atoms with van der Waals surface area (Å²) in [5.74, 6) is -0.383. The third-order valence-corrected chi connectivity index (χ3v) is 7.81. The molecule has 1 aliphatic carbocycles. The van der Waals surface area contributed by atoms with Gasteiger partial charge in [-0.1, -0.05) is 12.5 Å². The molecule has 0 radical (unpaired) electrons. The number of hydrogen-bond acceptors (Lipinski definition) is 7. The van der Waals surface area contributed by atoms with Gasteiger partial charge in [0.2, 0.25) is 17.8 Å². The summed E-state index contributed by atoms with van der Waals surface area (Å²) in [6, 6.07) is 7.29. The molecule has 12 heteroatoms. The Labute approximate surface area is 224 Å². The Morgan fingerprint density at radius 1 is 1.11 bits per heavy atom. The molecule has 1 saturated carbocycles. The quantitative estimate of drug-likeness (QED) is 0.214. The number of carbonyl (C=O) groups excluding carboxylic acids is 3. The topological polar surface area (TPSA) is 168 Å². The number of benzene rings is 1. The maximum Gasteiger partial charge on any atom is 0.321 e. The molecule has 1 aliphatic heterocycles. The minimum absolute atomic E-state index is 0.0949.